The van der Waals surface area contributed by atoms with Gasteiger partial charge in [0.15, 0.2) is 5.52 Å². The first-order valence-corrected chi connectivity index (χ1v) is 7.91. The number of sulfonamides is 1. The summed E-state index contributed by atoms with van der Waals surface area (Å²) >= 11 is 0. The molecule has 0 aliphatic carbocycles. The predicted octanol–water partition coefficient (Wildman–Crippen LogP) is 0.00644. The molecular weight excluding hydrogens is 296 g/mol. The molecule has 1 fully saturated rings. The van der Waals surface area contributed by atoms with Crippen LogP contribution in [0.25, 0.3) is 11.0 Å². The van der Waals surface area contributed by atoms with Crippen molar-refractivity contribution in [3.8, 4) is 0 Å². The lowest BCUT2D eigenvalue weighted by Crippen LogP contribution is -2.40. The van der Waals surface area contributed by atoms with Crippen LogP contribution in [0.5, 0.6) is 0 Å². The second-order valence-electron chi connectivity index (χ2n) is 5.05. The predicted molar refractivity (Wildman–Crippen MR) is 73.0 cm³/mol. The summed E-state index contributed by atoms with van der Waals surface area (Å²) in [5, 5.41) is 10.0. The fourth-order valence-corrected chi connectivity index (χ4v) is 4.12. The summed E-state index contributed by atoms with van der Waals surface area (Å²) in [6, 6.07) is 0.945. The zero-order chi connectivity index (χ0) is 15.2. The number of nitrogens with zero attached hydrogens (tertiary/aromatic N) is 2. The SMILES string of the molecule is Cc1cc(C)c2nonc2c1S(=O)(=O)N[C@@H]1CCNC1=O. The Kier molecular flexibility index (Phi) is 3.18. The number of aromatic nitrogens is 2. The maximum atomic E-state index is 12.6. The minimum Gasteiger partial charge on any atom is -0.355 e. The van der Waals surface area contributed by atoms with Crippen molar-refractivity contribution in [1.29, 1.82) is 0 Å². The van der Waals surface area contributed by atoms with Gasteiger partial charge in [0.05, 0.1) is 0 Å². The first-order chi connectivity index (χ1) is 9.90. The first kappa shape index (κ1) is 14.0. The van der Waals surface area contributed by atoms with Crippen molar-refractivity contribution in [2.75, 3.05) is 6.54 Å². The molecular formula is C12H14N4O4S. The third-order valence-electron chi connectivity index (χ3n) is 3.48. The molecule has 1 aliphatic rings. The molecule has 2 aromatic rings. The van der Waals surface area contributed by atoms with Gasteiger partial charge in [0, 0.05) is 6.54 Å². The van der Waals surface area contributed by atoms with E-state index in [1.54, 1.807) is 19.9 Å². The van der Waals surface area contributed by atoms with Crippen molar-refractivity contribution in [2.24, 2.45) is 0 Å². The highest BCUT2D eigenvalue weighted by atomic mass is 32.2. The van der Waals surface area contributed by atoms with Crippen molar-refractivity contribution in [2.45, 2.75) is 31.2 Å². The van der Waals surface area contributed by atoms with Crippen molar-refractivity contribution < 1.29 is 17.8 Å². The zero-order valence-corrected chi connectivity index (χ0v) is 12.3. The standard InChI is InChI=1S/C12H14N4O4S/c1-6-5-7(2)11(10-9(6)14-20-15-10)21(18,19)16-8-3-4-13-12(8)17/h5,8,16H,3-4H2,1-2H3,(H,13,17)/t8-/m1/s1. The van der Waals surface area contributed by atoms with Crippen molar-refractivity contribution in [1.82, 2.24) is 20.4 Å². The maximum Gasteiger partial charge on any atom is 0.243 e. The van der Waals surface area contributed by atoms with E-state index in [4.69, 9.17) is 0 Å². The summed E-state index contributed by atoms with van der Waals surface area (Å²) in [6.07, 6.45) is 0.420. The van der Waals surface area contributed by atoms with Crippen molar-refractivity contribution in [3.05, 3.63) is 17.2 Å². The van der Waals surface area contributed by atoms with Gasteiger partial charge in [-0.25, -0.2) is 13.0 Å². The van der Waals surface area contributed by atoms with Crippen LogP contribution in [-0.4, -0.2) is 37.2 Å². The Labute approximate surface area is 120 Å². The van der Waals surface area contributed by atoms with E-state index in [2.05, 4.69) is 25.0 Å². The second kappa shape index (κ2) is 4.78. The van der Waals surface area contributed by atoms with Gasteiger partial charge in [-0.1, -0.05) is 6.07 Å². The van der Waals surface area contributed by atoms with E-state index in [1.807, 2.05) is 0 Å². The normalized spacial score (nSPS) is 19.1. The van der Waals surface area contributed by atoms with Crippen molar-refractivity contribution in [3.63, 3.8) is 0 Å². The van der Waals surface area contributed by atoms with Gasteiger partial charge in [0.25, 0.3) is 0 Å². The first-order valence-electron chi connectivity index (χ1n) is 6.42. The Bertz CT molecular complexity index is 827. The summed E-state index contributed by atoms with van der Waals surface area (Å²) in [7, 11) is -3.89. The van der Waals surface area contributed by atoms with Crippen molar-refractivity contribution >= 4 is 27.0 Å². The highest BCUT2D eigenvalue weighted by Gasteiger charge is 2.32. The van der Waals surface area contributed by atoms with Crippen LogP contribution >= 0.6 is 0 Å². The number of aryl methyl sites for hydroxylation is 2. The van der Waals surface area contributed by atoms with Gasteiger partial charge in [-0.05, 0) is 41.7 Å². The molecule has 1 aromatic carbocycles. The molecule has 9 heteroatoms. The van der Waals surface area contributed by atoms with Gasteiger partial charge in [0.2, 0.25) is 15.9 Å². The Hall–Kier alpha value is -2.00. The molecule has 1 aromatic heterocycles. The highest BCUT2D eigenvalue weighted by Crippen LogP contribution is 2.27. The van der Waals surface area contributed by atoms with Gasteiger partial charge in [-0.3, -0.25) is 4.79 Å². The number of rotatable bonds is 3. The number of hydrogen-bond acceptors (Lipinski definition) is 6. The number of carbonyl (C=O) groups is 1. The summed E-state index contributed by atoms with van der Waals surface area (Å²) in [5.74, 6) is -0.321. The van der Waals surface area contributed by atoms with E-state index in [0.29, 0.717) is 24.0 Å². The van der Waals surface area contributed by atoms with Crippen LogP contribution in [-0.2, 0) is 14.8 Å². The average Bonchev–Trinajstić information content (AvgIpc) is 2.99. The number of nitrogens with one attached hydrogen (secondary N) is 2. The van der Waals surface area contributed by atoms with E-state index in [9.17, 15) is 13.2 Å². The number of fused-ring (bicyclic) bond motifs is 1. The lowest BCUT2D eigenvalue weighted by atomic mass is 10.1. The Morgan fingerprint density at radius 1 is 1.29 bits per heavy atom. The molecule has 2 heterocycles. The molecule has 0 radical (unpaired) electrons. The highest BCUT2D eigenvalue weighted by molar-refractivity contribution is 7.89. The van der Waals surface area contributed by atoms with Gasteiger partial charge < -0.3 is 5.32 Å². The summed E-state index contributed by atoms with van der Waals surface area (Å²) in [4.78, 5) is 11.6. The molecule has 21 heavy (non-hydrogen) atoms. The van der Waals surface area contributed by atoms with Crippen LogP contribution in [0.4, 0.5) is 0 Å². The fourth-order valence-electron chi connectivity index (χ4n) is 2.53. The minimum absolute atomic E-state index is 0.00375. The van der Waals surface area contributed by atoms with E-state index in [1.165, 1.54) is 0 Å². The van der Waals surface area contributed by atoms with Gasteiger partial charge in [-0.2, -0.15) is 4.72 Å². The van der Waals surface area contributed by atoms with E-state index in [-0.39, 0.29) is 16.3 Å². The summed E-state index contributed by atoms with van der Waals surface area (Å²) in [6.45, 7) is 3.93. The number of carbonyl (C=O) groups excluding carboxylic acids is 1. The lowest BCUT2D eigenvalue weighted by molar-refractivity contribution is -0.120. The van der Waals surface area contributed by atoms with Crippen LogP contribution in [0.15, 0.2) is 15.6 Å². The number of benzene rings is 1. The third-order valence-corrected chi connectivity index (χ3v) is 5.13. The molecule has 3 rings (SSSR count). The molecule has 2 N–H and O–H groups in total. The van der Waals surface area contributed by atoms with Gasteiger partial charge in [-0.15, -0.1) is 0 Å². The van der Waals surface area contributed by atoms with Crippen LogP contribution in [0, 0.1) is 13.8 Å². The average molecular weight is 310 g/mol. The third kappa shape index (κ3) is 2.28. The Balaban J connectivity index is 2.10. The van der Waals surface area contributed by atoms with Crippen LogP contribution in [0.1, 0.15) is 17.5 Å². The molecule has 1 amide bonds. The lowest BCUT2D eigenvalue weighted by Gasteiger charge is -2.13. The summed E-state index contributed by atoms with van der Waals surface area (Å²) in [5.41, 5.74) is 1.89. The molecule has 112 valence electrons. The molecule has 1 atom stereocenters. The Morgan fingerprint density at radius 3 is 2.67 bits per heavy atom. The van der Waals surface area contributed by atoms with Crippen LogP contribution < -0.4 is 10.0 Å². The topological polar surface area (TPSA) is 114 Å². The molecule has 1 saturated heterocycles. The molecule has 0 unspecified atom stereocenters. The van der Waals surface area contributed by atoms with E-state index < -0.39 is 16.1 Å². The molecule has 8 nitrogen and oxygen atoms in total. The molecule has 0 saturated carbocycles. The number of amides is 1. The smallest absolute Gasteiger partial charge is 0.243 e. The van der Waals surface area contributed by atoms with Crippen LogP contribution in [0.3, 0.4) is 0 Å². The van der Waals surface area contributed by atoms with E-state index in [0.717, 1.165) is 5.56 Å². The number of hydrogen-bond donors (Lipinski definition) is 2. The van der Waals surface area contributed by atoms with E-state index >= 15 is 0 Å². The van der Waals surface area contributed by atoms with Crippen LogP contribution in [0.2, 0.25) is 0 Å². The molecule has 0 spiro atoms. The quantitative estimate of drug-likeness (QED) is 0.825. The molecule has 0 bridgehead atoms. The minimum atomic E-state index is -3.89. The van der Waals surface area contributed by atoms with Gasteiger partial charge in [0.1, 0.15) is 16.5 Å². The molecule has 1 aliphatic heterocycles. The van der Waals surface area contributed by atoms with Gasteiger partial charge >= 0.3 is 0 Å². The monoisotopic (exact) mass is 310 g/mol. The fraction of sp³-hybridized carbons (Fsp3) is 0.417. The zero-order valence-electron chi connectivity index (χ0n) is 11.5. The largest absolute Gasteiger partial charge is 0.355 e. The Morgan fingerprint density at radius 2 is 2.00 bits per heavy atom. The summed E-state index contributed by atoms with van der Waals surface area (Å²) < 4.78 is 32.2. The maximum absolute atomic E-state index is 12.6. The second-order valence-corrected chi connectivity index (χ2v) is 6.71.